The molecule has 0 bridgehead atoms. The van der Waals surface area contributed by atoms with E-state index in [0.717, 1.165) is 24.9 Å². The van der Waals surface area contributed by atoms with Gasteiger partial charge in [0.15, 0.2) is 0 Å². The molecule has 2 amide bonds. The summed E-state index contributed by atoms with van der Waals surface area (Å²) < 4.78 is 1.91. The molecule has 5 heteroatoms. The molecule has 0 fully saturated rings. The number of amides is 2. The Morgan fingerprint density at radius 2 is 2.14 bits per heavy atom. The van der Waals surface area contributed by atoms with Crippen molar-refractivity contribution < 1.29 is 4.79 Å². The van der Waals surface area contributed by atoms with Crippen molar-refractivity contribution >= 4 is 6.03 Å². The molecule has 1 aromatic heterocycles. The van der Waals surface area contributed by atoms with E-state index in [-0.39, 0.29) is 12.1 Å². The molecule has 0 saturated heterocycles. The van der Waals surface area contributed by atoms with Crippen LogP contribution in [0.3, 0.4) is 0 Å². The molecule has 0 saturated carbocycles. The zero-order valence-electron chi connectivity index (χ0n) is 13.7. The molecular weight excluding hydrogens is 264 g/mol. The van der Waals surface area contributed by atoms with E-state index >= 15 is 0 Å². The molecule has 2 N–H and O–H groups in total. The summed E-state index contributed by atoms with van der Waals surface area (Å²) >= 11 is 0. The molecule has 21 heavy (non-hydrogen) atoms. The Bertz CT molecular complexity index is 403. The van der Waals surface area contributed by atoms with Gasteiger partial charge in [-0.1, -0.05) is 32.6 Å². The zero-order chi connectivity index (χ0) is 15.5. The molecule has 0 spiro atoms. The van der Waals surface area contributed by atoms with Crippen molar-refractivity contribution in [1.29, 1.82) is 0 Å². The molecule has 0 radical (unpaired) electrons. The third-order valence-corrected chi connectivity index (χ3v) is 3.48. The molecule has 1 aromatic rings. The first-order valence-electron chi connectivity index (χ1n) is 8.15. The van der Waals surface area contributed by atoms with E-state index in [4.69, 9.17) is 0 Å². The van der Waals surface area contributed by atoms with Crippen LogP contribution in [0, 0.1) is 6.92 Å². The summed E-state index contributed by atoms with van der Waals surface area (Å²) in [6.45, 7) is 7.81. The van der Waals surface area contributed by atoms with Crippen molar-refractivity contribution in [2.24, 2.45) is 0 Å². The van der Waals surface area contributed by atoms with Crippen LogP contribution in [-0.4, -0.2) is 28.4 Å². The highest BCUT2D eigenvalue weighted by Crippen LogP contribution is 2.05. The number of hydrogen-bond acceptors (Lipinski definition) is 2. The molecule has 0 aliphatic rings. The minimum atomic E-state index is -0.0605. The standard InChI is InChI=1S/C16H30N4O/c1-4-5-6-7-9-15(3)19-16(21)17-10-8-11-20-13-14(2)12-18-20/h12-13,15H,4-11H2,1-3H3,(H2,17,19,21). The number of aryl methyl sites for hydroxylation is 2. The van der Waals surface area contributed by atoms with Gasteiger partial charge in [0.2, 0.25) is 0 Å². The number of carbonyl (C=O) groups is 1. The van der Waals surface area contributed by atoms with Gasteiger partial charge in [-0.3, -0.25) is 4.68 Å². The Hall–Kier alpha value is -1.52. The van der Waals surface area contributed by atoms with Crippen LogP contribution in [0.2, 0.25) is 0 Å². The fourth-order valence-corrected chi connectivity index (χ4v) is 2.26. The summed E-state index contributed by atoms with van der Waals surface area (Å²) in [5.74, 6) is 0. The van der Waals surface area contributed by atoms with E-state index in [9.17, 15) is 4.79 Å². The normalized spacial score (nSPS) is 12.1. The average molecular weight is 294 g/mol. The third-order valence-electron chi connectivity index (χ3n) is 3.48. The minimum Gasteiger partial charge on any atom is -0.338 e. The quantitative estimate of drug-likeness (QED) is 0.651. The van der Waals surface area contributed by atoms with E-state index in [0.29, 0.717) is 6.54 Å². The van der Waals surface area contributed by atoms with Gasteiger partial charge in [0.05, 0.1) is 6.20 Å². The number of rotatable bonds is 10. The topological polar surface area (TPSA) is 59.0 Å². The predicted octanol–water partition coefficient (Wildman–Crippen LogP) is 3.24. The lowest BCUT2D eigenvalue weighted by Crippen LogP contribution is -2.41. The highest BCUT2D eigenvalue weighted by Gasteiger charge is 2.06. The van der Waals surface area contributed by atoms with Crippen molar-refractivity contribution in [2.45, 2.75) is 71.9 Å². The smallest absolute Gasteiger partial charge is 0.314 e. The first-order valence-corrected chi connectivity index (χ1v) is 8.15. The first-order chi connectivity index (χ1) is 10.1. The Kier molecular flexibility index (Phi) is 8.55. The van der Waals surface area contributed by atoms with E-state index < -0.39 is 0 Å². The summed E-state index contributed by atoms with van der Waals surface area (Å²) in [7, 11) is 0. The Morgan fingerprint density at radius 3 is 2.81 bits per heavy atom. The van der Waals surface area contributed by atoms with Crippen LogP contribution >= 0.6 is 0 Å². The molecule has 0 aromatic carbocycles. The first kappa shape index (κ1) is 17.5. The molecule has 1 heterocycles. The van der Waals surface area contributed by atoms with Gasteiger partial charge in [0.1, 0.15) is 0 Å². The van der Waals surface area contributed by atoms with Crippen molar-refractivity contribution in [1.82, 2.24) is 20.4 Å². The molecule has 120 valence electrons. The number of unbranched alkanes of at least 4 members (excludes halogenated alkanes) is 3. The van der Waals surface area contributed by atoms with E-state index in [2.05, 4.69) is 29.6 Å². The number of urea groups is 1. The number of hydrogen-bond donors (Lipinski definition) is 2. The second-order valence-corrected chi connectivity index (χ2v) is 5.78. The van der Waals surface area contributed by atoms with E-state index in [1.54, 1.807) is 0 Å². The van der Waals surface area contributed by atoms with Crippen molar-refractivity contribution in [3.05, 3.63) is 18.0 Å². The van der Waals surface area contributed by atoms with Crippen LogP contribution < -0.4 is 10.6 Å². The summed E-state index contributed by atoms with van der Waals surface area (Å²) in [5, 5.41) is 10.1. The number of nitrogens with zero attached hydrogens (tertiary/aromatic N) is 2. The van der Waals surface area contributed by atoms with Crippen LogP contribution in [0.4, 0.5) is 4.79 Å². The molecular formula is C16H30N4O. The van der Waals surface area contributed by atoms with Gasteiger partial charge in [-0.15, -0.1) is 0 Å². The van der Waals surface area contributed by atoms with Gasteiger partial charge in [0, 0.05) is 25.3 Å². The highest BCUT2D eigenvalue weighted by molar-refractivity contribution is 5.74. The SMILES string of the molecule is CCCCCCC(C)NC(=O)NCCCn1cc(C)cn1. The monoisotopic (exact) mass is 294 g/mol. The molecule has 0 aliphatic heterocycles. The molecule has 1 unspecified atom stereocenters. The van der Waals surface area contributed by atoms with Crippen LogP contribution in [0.5, 0.6) is 0 Å². The minimum absolute atomic E-state index is 0.0605. The van der Waals surface area contributed by atoms with Crippen molar-refractivity contribution in [3.8, 4) is 0 Å². The van der Waals surface area contributed by atoms with Gasteiger partial charge < -0.3 is 10.6 Å². The maximum Gasteiger partial charge on any atom is 0.314 e. The van der Waals surface area contributed by atoms with Crippen molar-refractivity contribution in [2.75, 3.05) is 6.54 Å². The fraction of sp³-hybridized carbons (Fsp3) is 0.750. The lowest BCUT2D eigenvalue weighted by atomic mass is 10.1. The Labute approximate surface area is 128 Å². The summed E-state index contributed by atoms with van der Waals surface area (Å²) in [5.41, 5.74) is 1.16. The van der Waals surface area contributed by atoms with Gasteiger partial charge in [-0.25, -0.2) is 4.79 Å². The Balaban J connectivity index is 2.02. The second-order valence-electron chi connectivity index (χ2n) is 5.78. The van der Waals surface area contributed by atoms with Crippen LogP contribution in [0.1, 0.15) is 57.9 Å². The molecule has 1 rings (SSSR count). The summed E-state index contributed by atoms with van der Waals surface area (Å²) in [6, 6.07) is 0.185. The maximum atomic E-state index is 11.7. The van der Waals surface area contributed by atoms with Gasteiger partial charge in [-0.05, 0) is 32.3 Å². The van der Waals surface area contributed by atoms with Crippen molar-refractivity contribution in [3.63, 3.8) is 0 Å². The highest BCUT2D eigenvalue weighted by atomic mass is 16.2. The van der Waals surface area contributed by atoms with Gasteiger partial charge >= 0.3 is 6.03 Å². The fourth-order valence-electron chi connectivity index (χ4n) is 2.26. The predicted molar refractivity (Wildman–Crippen MR) is 86.3 cm³/mol. The number of aromatic nitrogens is 2. The van der Waals surface area contributed by atoms with Gasteiger partial charge in [0.25, 0.3) is 0 Å². The van der Waals surface area contributed by atoms with Crippen LogP contribution in [-0.2, 0) is 6.54 Å². The Morgan fingerprint density at radius 1 is 1.33 bits per heavy atom. The number of carbonyl (C=O) groups excluding carboxylic acids is 1. The zero-order valence-corrected chi connectivity index (χ0v) is 13.7. The third kappa shape index (κ3) is 8.38. The van der Waals surface area contributed by atoms with Crippen LogP contribution in [0.15, 0.2) is 12.4 Å². The molecule has 5 nitrogen and oxygen atoms in total. The summed E-state index contributed by atoms with van der Waals surface area (Å²) in [6.07, 6.45) is 10.8. The number of nitrogens with one attached hydrogen (secondary N) is 2. The summed E-state index contributed by atoms with van der Waals surface area (Å²) in [4.78, 5) is 11.7. The maximum absolute atomic E-state index is 11.7. The lowest BCUT2D eigenvalue weighted by Gasteiger charge is -2.14. The molecule has 0 aliphatic carbocycles. The molecule has 1 atom stereocenters. The van der Waals surface area contributed by atoms with E-state index in [1.807, 2.05) is 24.0 Å². The van der Waals surface area contributed by atoms with Gasteiger partial charge in [-0.2, -0.15) is 5.10 Å². The van der Waals surface area contributed by atoms with E-state index in [1.165, 1.54) is 25.7 Å². The second kappa shape index (κ2) is 10.2. The van der Waals surface area contributed by atoms with Crippen LogP contribution in [0.25, 0.3) is 0 Å². The largest absolute Gasteiger partial charge is 0.338 e. The lowest BCUT2D eigenvalue weighted by molar-refractivity contribution is 0.236. The average Bonchev–Trinajstić information content (AvgIpc) is 2.85.